The molecule has 2 radical (unpaired) electrons. The fourth-order valence-corrected chi connectivity index (χ4v) is 0.893. The predicted molar refractivity (Wildman–Crippen MR) is 38.0 cm³/mol. The van der Waals surface area contributed by atoms with Gasteiger partial charge in [-0.1, -0.05) is 0 Å². The topological polar surface area (TPSA) is 38.3 Å². The van der Waals surface area contributed by atoms with Crippen molar-refractivity contribution in [1.82, 2.24) is 5.32 Å². The molecule has 0 bridgehead atoms. The van der Waals surface area contributed by atoms with Gasteiger partial charge in [0, 0.05) is 6.61 Å². The molecule has 10 heavy (non-hydrogen) atoms. The average Bonchev–Trinajstić information content (AvgIpc) is 2.12. The van der Waals surface area contributed by atoms with E-state index in [1.165, 1.54) is 0 Å². The van der Waals surface area contributed by atoms with Crippen molar-refractivity contribution in [2.75, 3.05) is 19.8 Å². The molecule has 4 heteroatoms. The van der Waals surface area contributed by atoms with Crippen LogP contribution in [-0.4, -0.2) is 39.3 Å². The van der Waals surface area contributed by atoms with Crippen LogP contribution in [0.1, 0.15) is 6.42 Å². The summed E-state index contributed by atoms with van der Waals surface area (Å²) in [5.74, 6) is 0. The van der Waals surface area contributed by atoms with E-state index in [-0.39, 0.29) is 11.7 Å². The van der Waals surface area contributed by atoms with E-state index in [0.717, 1.165) is 19.6 Å². The first-order valence-corrected chi connectivity index (χ1v) is 3.41. The highest BCUT2D eigenvalue weighted by atomic mass is 16.5. The lowest BCUT2D eigenvalue weighted by atomic mass is 9.95. The Bertz CT molecular complexity index is 121. The normalized spacial score (nSPS) is 27.4. The van der Waals surface area contributed by atoms with Crippen molar-refractivity contribution in [1.29, 1.82) is 0 Å². The molecule has 1 aliphatic rings. The molecule has 1 aliphatic heterocycles. The van der Waals surface area contributed by atoms with Gasteiger partial charge in [-0.25, -0.2) is 0 Å². The monoisotopic (exact) mass is 139 g/mol. The second kappa shape index (κ2) is 3.73. The minimum Gasteiger partial charge on any atom is -0.379 e. The molecular formula is C6H10BNO2. The molecule has 0 aliphatic carbocycles. The number of carbonyl (C=O) groups is 1. The Hall–Kier alpha value is -0.345. The van der Waals surface area contributed by atoms with Gasteiger partial charge < -0.3 is 14.8 Å². The number of carbonyl (C=O) groups excluding carboxylic acids is 1. The fraction of sp³-hybridized carbons (Fsp3) is 0.833. The number of hydrogen-bond acceptors (Lipinski definition) is 3. The fourth-order valence-electron chi connectivity index (χ4n) is 0.893. The molecule has 0 aromatic heterocycles. The zero-order chi connectivity index (χ0) is 7.40. The van der Waals surface area contributed by atoms with Gasteiger partial charge in [0.25, 0.3) is 0 Å². The van der Waals surface area contributed by atoms with Crippen LogP contribution in [-0.2, 0) is 9.53 Å². The number of hydrogen-bond donors (Lipinski definition) is 1. The van der Waals surface area contributed by atoms with E-state index >= 15 is 0 Å². The molecule has 0 aromatic rings. The lowest BCUT2D eigenvalue weighted by molar-refractivity contribution is -0.114. The van der Waals surface area contributed by atoms with Gasteiger partial charge in [0.1, 0.15) is 0 Å². The molecule has 0 saturated carbocycles. The maximum Gasteiger partial charge on any atom is 0.170 e. The molecule has 1 N–H and O–H groups in total. The maximum absolute atomic E-state index is 10.6. The summed E-state index contributed by atoms with van der Waals surface area (Å²) in [6.07, 6.45) is 0.948. The van der Waals surface area contributed by atoms with E-state index in [2.05, 4.69) is 5.32 Å². The van der Waals surface area contributed by atoms with Gasteiger partial charge in [0.05, 0.1) is 18.3 Å². The van der Waals surface area contributed by atoms with Gasteiger partial charge >= 0.3 is 0 Å². The first kappa shape index (κ1) is 7.76. The summed E-state index contributed by atoms with van der Waals surface area (Å²) in [7, 11) is 5.06. The third-order valence-corrected chi connectivity index (χ3v) is 1.48. The van der Waals surface area contributed by atoms with Crippen LogP contribution < -0.4 is 5.32 Å². The van der Waals surface area contributed by atoms with Crippen LogP contribution in [0.4, 0.5) is 0 Å². The van der Waals surface area contributed by atoms with Crippen LogP contribution in [0.3, 0.4) is 0 Å². The van der Waals surface area contributed by atoms with Crippen LogP contribution in [0, 0.1) is 0 Å². The molecule has 0 spiro atoms. The summed E-state index contributed by atoms with van der Waals surface area (Å²) >= 11 is 0. The third kappa shape index (κ3) is 2.12. The van der Waals surface area contributed by atoms with Crippen LogP contribution >= 0.6 is 0 Å². The smallest absolute Gasteiger partial charge is 0.170 e. The van der Waals surface area contributed by atoms with Crippen LogP contribution in [0.25, 0.3) is 0 Å². The lowest BCUT2D eigenvalue weighted by Gasteiger charge is -2.10. The Morgan fingerprint density at radius 2 is 2.50 bits per heavy atom. The summed E-state index contributed by atoms with van der Waals surface area (Å²) < 4.78 is 5.11. The van der Waals surface area contributed by atoms with Crippen molar-refractivity contribution in [2.24, 2.45) is 0 Å². The van der Waals surface area contributed by atoms with Gasteiger partial charge in [-0.15, -0.1) is 0 Å². The Kier molecular flexibility index (Phi) is 2.90. The van der Waals surface area contributed by atoms with E-state index in [9.17, 15) is 4.79 Å². The van der Waals surface area contributed by atoms with Gasteiger partial charge in [-0.05, 0) is 13.0 Å². The van der Waals surface area contributed by atoms with E-state index in [0.29, 0.717) is 6.61 Å². The second-order valence-electron chi connectivity index (χ2n) is 2.34. The van der Waals surface area contributed by atoms with Gasteiger partial charge in [0.15, 0.2) is 7.85 Å². The van der Waals surface area contributed by atoms with E-state index in [1.54, 1.807) is 0 Å². The molecule has 1 saturated heterocycles. The molecular weight excluding hydrogens is 129 g/mol. The summed E-state index contributed by atoms with van der Waals surface area (Å²) in [6.45, 7) is 1.94. The molecule has 54 valence electrons. The lowest BCUT2D eigenvalue weighted by Crippen LogP contribution is -2.39. The average molecular weight is 139 g/mol. The number of nitrogens with one attached hydrogen (secondary N) is 1. The Balaban J connectivity index is 2.35. The summed E-state index contributed by atoms with van der Waals surface area (Å²) in [5, 5.41) is 2.98. The van der Waals surface area contributed by atoms with E-state index in [1.807, 2.05) is 0 Å². The van der Waals surface area contributed by atoms with Crippen molar-refractivity contribution < 1.29 is 9.53 Å². The molecule has 1 unspecified atom stereocenters. The second-order valence-corrected chi connectivity index (χ2v) is 2.34. The first-order chi connectivity index (χ1) is 4.80. The Morgan fingerprint density at radius 1 is 1.70 bits per heavy atom. The summed E-state index contributed by atoms with van der Waals surface area (Å²) in [5.41, 5.74) is -0.332. The summed E-state index contributed by atoms with van der Waals surface area (Å²) in [6, 6.07) is -0.289. The molecule has 3 nitrogen and oxygen atoms in total. The molecule has 1 rings (SSSR count). The Morgan fingerprint density at radius 3 is 3.20 bits per heavy atom. The van der Waals surface area contributed by atoms with E-state index in [4.69, 9.17) is 12.6 Å². The minimum atomic E-state index is -0.332. The molecule has 0 aromatic carbocycles. The number of rotatable bonds is 1. The standard InChI is InChI=1S/C6H10BNO2/c7-6(9)5-4-10-3-1-2-8-5/h5,8H,1-4H2. The zero-order valence-corrected chi connectivity index (χ0v) is 5.80. The maximum atomic E-state index is 10.6. The molecule has 1 fully saturated rings. The van der Waals surface area contributed by atoms with Crippen molar-refractivity contribution >= 4 is 13.5 Å². The third-order valence-electron chi connectivity index (χ3n) is 1.48. The molecule has 0 amide bonds. The quantitative estimate of drug-likeness (QED) is 0.476. The summed E-state index contributed by atoms with van der Waals surface area (Å²) in [4.78, 5) is 10.6. The minimum absolute atomic E-state index is 0.289. The Labute approximate surface area is 61.5 Å². The van der Waals surface area contributed by atoms with Crippen molar-refractivity contribution in [3.63, 3.8) is 0 Å². The van der Waals surface area contributed by atoms with E-state index < -0.39 is 0 Å². The van der Waals surface area contributed by atoms with Crippen LogP contribution in [0.5, 0.6) is 0 Å². The van der Waals surface area contributed by atoms with Gasteiger partial charge in [-0.2, -0.15) is 0 Å². The zero-order valence-electron chi connectivity index (χ0n) is 5.80. The van der Waals surface area contributed by atoms with Crippen molar-refractivity contribution in [3.8, 4) is 0 Å². The van der Waals surface area contributed by atoms with Gasteiger partial charge in [0.2, 0.25) is 0 Å². The van der Waals surface area contributed by atoms with Crippen molar-refractivity contribution in [2.45, 2.75) is 12.5 Å². The number of ether oxygens (including phenoxy) is 1. The van der Waals surface area contributed by atoms with Crippen molar-refractivity contribution in [3.05, 3.63) is 0 Å². The molecule has 1 atom stereocenters. The molecule has 1 heterocycles. The highest BCUT2D eigenvalue weighted by Crippen LogP contribution is 1.93. The largest absolute Gasteiger partial charge is 0.379 e. The van der Waals surface area contributed by atoms with Crippen LogP contribution in [0.15, 0.2) is 0 Å². The highest BCUT2D eigenvalue weighted by molar-refractivity contribution is 6.59. The first-order valence-electron chi connectivity index (χ1n) is 3.41. The van der Waals surface area contributed by atoms with Crippen LogP contribution in [0.2, 0.25) is 0 Å². The SMILES string of the molecule is [B]C(=O)C1COCCCN1. The predicted octanol–water partition coefficient (Wildman–Crippen LogP) is -0.940. The van der Waals surface area contributed by atoms with Gasteiger partial charge in [-0.3, -0.25) is 0 Å². The highest BCUT2D eigenvalue weighted by Gasteiger charge is 2.14.